The summed E-state index contributed by atoms with van der Waals surface area (Å²) in [4.78, 5) is 0. The first kappa shape index (κ1) is 15.1. The number of hydrogen-bond donors (Lipinski definition) is 1. The Balaban J connectivity index is 2.04. The zero-order chi connectivity index (χ0) is 14.8. The van der Waals surface area contributed by atoms with Gasteiger partial charge in [0.05, 0.1) is 5.75 Å². The van der Waals surface area contributed by atoms with E-state index in [1.165, 1.54) is 6.26 Å². The lowest BCUT2D eigenvalue weighted by Crippen LogP contribution is -2.34. The lowest BCUT2D eigenvalue weighted by molar-refractivity contribution is 0.171. The monoisotopic (exact) mass is 299 g/mol. The molecular formula is C14H21NO4S. The number of hydrogen-bond acceptors (Lipinski definition) is 5. The van der Waals surface area contributed by atoms with Gasteiger partial charge in [-0.25, -0.2) is 8.42 Å². The summed E-state index contributed by atoms with van der Waals surface area (Å²) in [6.07, 6.45) is 1.25. The SMILES string of the molecule is CC(CS(C)(=O)=O)NC(C)c1ccc2c(c1)OCCO2. The number of ether oxygens (including phenoxy) is 2. The number of rotatable bonds is 5. The molecule has 1 heterocycles. The Labute approximate surface area is 120 Å². The van der Waals surface area contributed by atoms with Crippen molar-refractivity contribution in [3.63, 3.8) is 0 Å². The van der Waals surface area contributed by atoms with Crippen LogP contribution in [-0.2, 0) is 9.84 Å². The van der Waals surface area contributed by atoms with Gasteiger partial charge in [0.15, 0.2) is 11.5 Å². The Morgan fingerprint density at radius 1 is 1.20 bits per heavy atom. The quantitative estimate of drug-likeness (QED) is 0.893. The van der Waals surface area contributed by atoms with E-state index in [0.717, 1.165) is 17.1 Å². The maximum Gasteiger partial charge on any atom is 0.161 e. The van der Waals surface area contributed by atoms with Crippen LogP contribution in [-0.4, -0.2) is 39.7 Å². The van der Waals surface area contributed by atoms with E-state index < -0.39 is 9.84 Å². The van der Waals surface area contributed by atoms with Crippen LogP contribution in [0.5, 0.6) is 11.5 Å². The highest BCUT2D eigenvalue weighted by atomic mass is 32.2. The topological polar surface area (TPSA) is 64.6 Å². The Morgan fingerprint density at radius 2 is 1.85 bits per heavy atom. The molecule has 0 fully saturated rings. The summed E-state index contributed by atoms with van der Waals surface area (Å²) in [7, 11) is -2.97. The molecule has 5 nitrogen and oxygen atoms in total. The smallest absolute Gasteiger partial charge is 0.161 e. The molecule has 1 N–H and O–H groups in total. The van der Waals surface area contributed by atoms with Crippen LogP contribution in [0.4, 0.5) is 0 Å². The molecule has 1 aliphatic heterocycles. The number of sulfone groups is 1. The first-order valence-corrected chi connectivity index (χ1v) is 8.74. The molecule has 2 atom stereocenters. The molecule has 1 aromatic carbocycles. The highest BCUT2D eigenvalue weighted by Crippen LogP contribution is 2.32. The summed E-state index contributed by atoms with van der Waals surface area (Å²) < 4.78 is 33.6. The van der Waals surface area contributed by atoms with Gasteiger partial charge in [-0.15, -0.1) is 0 Å². The lowest BCUT2D eigenvalue weighted by Gasteiger charge is -2.23. The summed E-state index contributed by atoms with van der Waals surface area (Å²) in [6, 6.07) is 5.75. The highest BCUT2D eigenvalue weighted by molar-refractivity contribution is 7.90. The fourth-order valence-corrected chi connectivity index (χ4v) is 3.36. The van der Waals surface area contributed by atoms with Crippen molar-refractivity contribution in [1.29, 1.82) is 0 Å². The minimum Gasteiger partial charge on any atom is -0.486 e. The Kier molecular flexibility index (Phi) is 4.55. The van der Waals surface area contributed by atoms with Crippen LogP contribution in [0.15, 0.2) is 18.2 Å². The summed E-state index contributed by atoms with van der Waals surface area (Å²) in [5.41, 5.74) is 1.05. The van der Waals surface area contributed by atoms with Crippen LogP contribution in [0.3, 0.4) is 0 Å². The molecule has 0 radical (unpaired) electrons. The molecule has 0 aliphatic carbocycles. The predicted molar refractivity (Wildman–Crippen MR) is 78.2 cm³/mol. The second-order valence-electron chi connectivity index (χ2n) is 5.28. The van der Waals surface area contributed by atoms with Crippen molar-refractivity contribution in [1.82, 2.24) is 5.32 Å². The van der Waals surface area contributed by atoms with Crippen molar-refractivity contribution < 1.29 is 17.9 Å². The van der Waals surface area contributed by atoms with Gasteiger partial charge in [-0.3, -0.25) is 0 Å². The van der Waals surface area contributed by atoms with Crippen molar-refractivity contribution in [3.8, 4) is 11.5 Å². The van der Waals surface area contributed by atoms with Gasteiger partial charge < -0.3 is 14.8 Å². The second kappa shape index (κ2) is 6.01. The molecular weight excluding hydrogens is 278 g/mol. The van der Waals surface area contributed by atoms with Crippen LogP contribution in [0, 0.1) is 0 Å². The molecule has 20 heavy (non-hydrogen) atoms. The van der Waals surface area contributed by atoms with E-state index in [2.05, 4.69) is 5.32 Å². The van der Waals surface area contributed by atoms with Gasteiger partial charge in [0.1, 0.15) is 23.1 Å². The Bertz CT molecular complexity index is 571. The molecule has 112 valence electrons. The molecule has 0 spiro atoms. The number of benzene rings is 1. The molecule has 0 amide bonds. The maximum atomic E-state index is 11.3. The summed E-state index contributed by atoms with van der Waals surface area (Å²) in [6.45, 7) is 5.01. The van der Waals surface area contributed by atoms with Crippen LogP contribution in [0.25, 0.3) is 0 Å². The van der Waals surface area contributed by atoms with Gasteiger partial charge >= 0.3 is 0 Å². The molecule has 0 bridgehead atoms. The average Bonchev–Trinajstić information content (AvgIpc) is 2.35. The van der Waals surface area contributed by atoms with Gasteiger partial charge in [-0.05, 0) is 31.5 Å². The van der Waals surface area contributed by atoms with E-state index in [-0.39, 0.29) is 17.8 Å². The van der Waals surface area contributed by atoms with Gasteiger partial charge in [-0.2, -0.15) is 0 Å². The van der Waals surface area contributed by atoms with Crippen molar-refractivity contribution in [2.24, 2.45) is 0 Å². The number of fused-ring (bicyclic) bond motifs is 1. The van der Waals surface area contributed by atoms with Crippen molar-refractivity contribution in [2.75, 3.05) is 25.2 Å². The average molecular weight is 299 g/mol. The van der Waals surface area contributed by atoms with E-state index in [4.69, 9.17) is 9.47 Å². The lowest BCUT2D eigenvalue weighted by atomic mass is 10.1. The van der Waals surface area contributed by atoms with Gasteiger partial charge in [-0.1, -0.05) is 6.07 Å². The third-order valence-corrected chi connectivity index (χ3v) is 4.26. The Morgan fingerprint density at radius 3 is 2.50 bits per heavy atom. The molecule has 0 aromatic heterocycles. The standard InChI is InChI=1S/C14H21NO4S/c1-10(9-20(3,16)17)15-11(2)12-4-5-13-14(8-12)19-7-6-18-13/h4-5,8,10-11,15H,6-7,9H2,1-3H3. The molecule has 1 aromatic rings. The molecule has 1 aliphatic rings. The van der Waals surface area contributed by atoms with Crippen molar-refractivity contribution in [3.05, 3.63) is 23.8 Å². The van der Waals surface area contributed by atoms with Crippen LogP contribution >= 0.6 is 0 Å². The predicted octanol–water partition coefficient (Wildman–Crippen LogP) is 1.54. The van der Waals surface area contributed by atoms with Crippen molar-refractivity contribution in [2.45, 2.75) is 25.9 Å². The third-order valence-electron chi connectivity index (χ3n) is 3.15. The maximum absolute atomic E-state index is 11.3. The first-order valence-electron chi connectivity index (χ1n) is 6.68. The van der Waals surface area contributed by atoms with Gasteiger partial charge in [0, 0.05) is 18.3 Å². The van der Waals surface area contributed by atoms with E-state index in [1.54, 1.807) is 0 Å². The van der Waals surface area contributed by atoms with Crippen LogP contribution in [0.2, 0.25) is 0 Å². The van der Waals surface area contributed by atoms with E-state index in [9.17, 15) is 8.42 Å². The minimum absolute atomic E-state index is 0.0441. The first-order chi connectivity index (χ1) is 9.35. The Hall–Kier alpha value is -1.27. The molecule has 2 unspecified atom stereocenters. The third kappa shape index (κ3) is 4.11. The second-order valence-corrected chi connectivity index (χ2v) is 7.47. The van der Waals surface area contributed by atoms with E-state index in [0.29, 0.717) is 13.2 Å². The van der Waals surface area contributed by atoms with Crippen LogP contribution < -0.4 is 14.8 Å². The van der Waals surface area contributed by atoms with Gasteiger partial charge in [0.2, 0.25) is 0 Å². The fourth-order valence-electron chi connectivity index (χ4n) is 2.35. The molecule has 6 heteroatoms. The zero-order valence-corrected chi connectivity index (χ0v) is 12.9. The largest absolute Gasteiger partial charge is 0.486 e. The van der Waals surface area contributed by atoms with Crippen LogP contribution in [0.1, 0.15) is 25.5 Å². The molecule has 0 saturated carbocycles. The summed E-state index contributed by atoms with van der Waals surface area (Å²) >= 11 is 0. The number of nitrogens with one attached hydrogen (secondary N) is 1. The van der Waals surface area contributed by atoms with E-state index >= 15 is 0 Å². The normalized spacial score (nSPS) is 17.6. The summed E-state index contributed by atoms with van der Waals surface area (Å²) in [5, 5.41) is 3.28. The van der Waals surface area contributed by atoms with Crippen molar-refractivity contribution >= 4 is 9.84 Å². The van der Waals surface area contributed by atoms with Gasteiger partial charge in [0.25, 0.3) is 0 Å². The molecule has 0 saturated heterocycles. The molecule has 2 rings (SSSR count). The fraction of sp³-hybridized carbons (Fsp3) is 0.571. The van der Waals surface area contributed by atoms with E-state index in [1.807, 2.05) is 32.0 Å². The zero-order valence-electron chi connectivity index (χ0n) is 12.0. The minimum atomic E-state index is -2.97. The summed E-state index contributed by atoms with van der Waals surface area (Å²) in [5.74, 6) is 1.64. The highest BCUT2D eigenvalue weighted by Gasteiger charge is 2.17.